The Kier molecular flexibility index (Phi) is 5.23. The molecule has 2 saturated heterocycles. The van der Waals surface area contributed by atoms with E-state index in [0.717, 1.165) is 52.4 Å². The predicted molar refractivity (Wildman–Crippen MR) is 79.0 cm³/mol. The van der Waals surface area contributed by atoms with Gasteiger partial charge < -0.3 is 20.6 Å². The van der Waals surface area contributed by atoms with Crippen molar-refractivity contribution in [3.05, 3.63) is 0 Å². The SMILES string of the molecule is CC(C)(CCN1CCC(N2CCOCC2)C1)C(N)=NO. The maximum Gasteiger partial charge on any atom is 0.144 e. The van der Waals surface area contributed by atoms with E-state index in [2.05, 4.69) is 15.0 Å². The average molecular weight is 284 g/mol. The molecule has 2 aliphatic heterocycles. The largest absolute Gasteiger partial charge is 0.409 e. The van der Waals surface area contributed by atoms with Crippen LogP contribution in [0.25, 0.3) is 0 Å². The van der Waals surface area contributed by atoms with E-state index in [0.29, 0.717) is 11.9 Å². The Bertz CT molecular complexity index is 340. The summed E-state index contributed by atoms with van der Waals surface area (Å²) in [6.07, 6.45) is 2.16. The van der Waals surface area contributed by atoms with Crippen molar-refractivity contribution in [2.75, 3.05) is 45.9 Å². The molecule has 2 heterocycles. The molecule has 1 atom stereocenters. The zero-order valence-electron chi connectivity index (χ0n) is 12.7. The molecule has 0 aromatic carbocycles. The first-order valence-electron chi connectivity index (χ1n) is 7.55. The van der Waals surface area contributed by atoms with Gasteiger partial charge in [0.05, 0.1) is 13.2 Å². The summed E-state index contributed by atoms with van der Waals surface area (Å²) >= 11 is 0. The molecule has 2 fully saturated rings. The number of nitrogens with zero attached hydrogens (tertiary/aromatic N) is 3. The zero-order chi connectivity index (χ0) is 14.6. The van der Waals surface area contributed by atoms with Gasteiger partial charge >= 0.3 is 0 Å². The minimum absolute atomic E-state index is 0.244. The lowest BCUT2D eigenvalue weighted by Crippen LogP contribution is -2.45. The lowest BCUT2D eigenvalue weighted by molar-refractivity contribution is 0.0184. The molecule has 6 heteroatoms. The molecule has 0 aromatic rings. The van der Waals surface area contributed by atoms with Crippen molar-refractivity contribution >= 4 is 5.84 Å². The molecule has 0 spiro atoms. The van der Waals surface area contributed by atoms with Crippen LogP contribution in [0.15, 0.2) is 5.16 Å². The second-order valence-corrected chi connectivity index (χ2v) is 6.51. The number of oxime groups is 1. The zero-order valence-corrected chi connectivity index (χ0v) is 12.7. The molecule has 20 heavy (non-hydrogen) atoms. The van der Waals surface area contributed by atoms with Crippen molar-refractivity contribution in [3.63, 3.8) is 0 Å². The molecule has 116 valence electrons. The normalized spacial score (nSPS) is 27.1. The van der Waals surface area contributed by atoms with E-state index in [-0.39, 0.29) is 5.41 Å². The number of hydrogen-bond acceptors (Lipinski definition) is 5. The van der Waals surface area contributed by atoms with Crippen LogP contribution in [-0.4, -0.2) is 72.8 Å². The second kappa shape index (κ2) is 6.74. The van der Waals surface area contributed by atoms with E-state index in [9.17, 15) is 0 Å². The monoisotopic (exact) mass is 284 g/mol. The fourth-order valence-electron chi connectivity index (χ4n) is 2.96. The number of rotatable bonds is 5. The van der Waals surface area contributed by atoms with Crippen LogP contribution in [-0.2, 0) is 4.74 Å². The van der Waals surface area contributed by atoms with E-state index < -0.39 is 0 Å². The van der Waals surface area contributed by atoms with Crippen LogP contribution >= 0.6 is 0 Å². The van der Waals surface area contributed by atoms with Gasteiger partial charge in [0.1, 0.15) is 5.84 Å². The van der Waals surface area contributed by atoms with Crippen LogP contribution in [0.3, 0.4) is 0 Å². The van der Waals surface area contributed by atoms with Crippen LogP contribution < -0.4 is 5.73 Å². The number of likely N-dealkylation sites (tertiary alicyclic amines) is 1. The number of ether oxygens (including phenoxy) is 1. The van der Waals surface area contributed by atoms with Gasteiger partial charge in [0, 0.05) is 31.1 Å². The van der Waals surface area contributed by atoms with Crippen LogP contribution in [0.5, 0.6) is 0 Å². The van der Waals surface area contributed by atoms with Gasteiger partial charge in [-0.1, -0.05) is 19.0 Å². The molecule has 3 N–H and O–H groups in total. The minimum Gasteiger partial charge on any atom is -0.409 e. The van der Waals surface area contributed by atoms with E-state index in [1.165, 1.54) is 6.42 Å². The highest BCUT2D eigenvalue weighted by Crippen LogP contribution is 2.23. The molecule has 2 aliphatic rings. The molecule has 6 nitrogen and oxygen atoms in total. The summed E-state index contributed by atoms with van der Waals surface area (Å²) in [6.45, 7) is 11.2. The Labute approximate surface area is 121 Å². The van der Waals surface area contributed by atoms with Crippen molar-refractivity contribution < 1.29 is 9.94 Å². The number of hydrogen-bond donors (Lipinski definition) is 2. The highest BCUT2D eigenvalue weighted by molar-refractivity contribution is 5.85. The predicted octanol–water partition coefficient (Wildman–Crippen LogP) is 0.556. The van der Waals surface area contributed by atoms with Crippen molar-refractivity contribution in [3.8, 4) is 0 Å². The molecular weight excluding hydrogens is 256 g/mol. The van der Waals surface area contributed by atoms with Crippen molar-refractivity contribution in [2.24, 2.45) is 16.3 Å². The molecule has 0 saturated carbocycles. The molecular formula is C14H28N4O2. The first-order valence-corrected chi connectivity index (χ1v) is 7.55. The Morgan fingerprint density at radius 1 is 1.35 bits per heavy atom. The molecule has 1 unspecified atom stereocenters. The van der Waals surface area contributed by atoms with E-state index in [4.69, 9.17) is 15.7 Å². The maximum atomic E-state index is 8.81. The number of morpholine rings is 1. The highest BCUT2D eigenvalue weighted by atomic mass is 16.5. The van der Waals surface area contributed by atoms with E-state index >= 15 is 0 Å². The molecule has 0 bridgehead atoms. The summed E-state index contributed by atoms with van der Waals surface area (Å²) in [4.78, 5) is 5.05. The highest BCUT2D eigenvalue weighted by Gasteiger charge is 2.30. The third kappa shape index (κ3) is 3.84. The summed E-state index contributed by atoms with van der Waals surface area (Å²) < 4.78 is 5.41. The van der Waals surface area contributed by atoms with Gasteiger partial charge in [-0.2, -0.15) is 0 Å². The lowest BCUT2D eigenvalue weighted by Gasteiger charge is -2.32. The molecule has 0 aliphatic carbocycles. The molecule has 0 aromatic heterocycles. The van der Waals surface area contributed by atoms with Gasteiger partial charge in [0.25, 0.3) is 0 Å². The van der Waals surface area contributed by atoms with E-state index in [1.807, 2.05) is 13.8 Å². The van der Waals surface area contributed by atoms with Crippen molar-refractivity contribution in [1.29, 1.82) is 0 Å². The van der Waals surface area contributed by atoms with Crippen molar-refractivity contribution in [2.45, 2.75) is 32.7 Å². The summed E-state index contributed by atoms with van der Waals surface area (Å²) in [5, 5.41) is 12.0. The van der Waals surface area contributed by atoms with Gasteiger partial charge in [-0.25, -0.2) is 0 Å². The lowest BCUT2D eigenvalue weighted by atomic mass is 9.88. The smallest absolute Gasteiger partial charge is 0.144 e. The molecule has 2 rings (SSSR count). The number of amidine groups is 1. The first-order chi connectivity index (χ1) is 9.53. The summed E-state index contributed by atoms with van der Waals surface area (Å²) in [7, 11) is 0. The molecule has 0 radical (unpaired) electrons. The fraction of sp³-hybridized carbons (Fsp3) is 0.929. The number of nitrogens with two attached hydrogens (primary N) is 1. The van der Waals surface area contributed by atoms with Gasteiger partial charge in [-0.3, -0.25) is 4.90 Å². The Hall–Kier alpha value is -0.850. The van der Waals surface area contributed by atoms with E-state index in [1.54, 1.807) is 0 Å². The Morgan fingerprint density at radius 3 is 2.70 bits per heavy atom. The van der Waals surface area contributed by atoms with Gasteiger partial charge in [-0.05, 0) is 25.9 Å². The summed E-state index contributed by atoms with van der Waals surface area (Å²) in [6, 6.07) is 0.672. The van der Waals surface area contributed by atoms with Crippen LogP contribution in [0.4, 0.5) is 0 Å². The van der Waals surface area contributed by atoms with Gasteiger partial charge in [-0.15, -0.1) is 0 Å². The third-order valence-electron chi connectivity index (χ3n) is 4.66. The minimum atomic E-state index is -0.244. The summed E-state index contributed by atoms with van der Waals surface area (Å²) in [5.74, 6) is 0.321. The first kappa shape index (κ1) is 15.5. The average Bonchev–Trinajstić information content (AvgIpc) is 2.94. The molecule has 0 amide bonds. The van der Waals surface area contributed by atoms with Gasteiger partial charge in [0.15, 0.2) is 0 Å². The Balaban J connectivity index is 1.76. The fourth-order valence-corrected chi connectivity index (χ4v) is 2.96. The maximum absolute atomic E-state index is 8.81. The second-order valence-electron chi connectivity index (χ2n) is 6.51. The van der Waals surface area contributed by atoms with Crippen LogP contribution in [0.1, 0.15) is 26.7 Å². The third-order valence-corrected chi connectivity index (χ3v) is 4.66. The van der Waals surface area contributed by atoms with Crippen molar-refractivity contribution in [1.82, 2.24) is 9.80 Å². The quantitative estimate of drug-likeness (QED) is 0.334. The van der Waals surface area contributed by atoms with Gasteiger partial charge in [0.2, 0.25) is 0 Å². The topological polar surface area (TPSA) is 74.3 Å². The standard InChI is InChI=1S/C14H28N4O2/c1-14(2,13(15)16-19)4-6-17-5-3-12(11-17)18-7-9-20-10-8-18/h12,19H,3-11H2,1-2H3,(H2,15,16). The Morgan fingerprint density at radius 2 is 2.05 bits per heavy atom. The summed E-state index contributed by atoms with van der Waals surface area (Å²) in [5.41, 5.74) is 5.49. The van der Waals surface area contributed by atoms with Crippen LogP contribution in [0.2, 0.25) is 0 Å². The van der Waals surface area contributed by atoms with Crippen LogP contribution in [0, 0.1) is 5.41 Å².